The van der Waals surface area contributed by atoms with Crippen molar-refractivity contribution in [2.24, 2.45) is 0 Å². The van der Waals surface area contributed by atoms with Crippen LogP contribution in [0.4, 0.5) is 0 Å². The van der Waals surface area contributed by atoms with Gasteiger partial charge in [0.05, 0.1) is 5.02 Å². The van der Waals surface area contributed by atoms with E-state index in [9.17, 15) is 9.59 Å². The van der Waals surface area contributed by atoms with Crippen molar-refractivity contribution in [1.82, 2.24) is 0 Å². The van der Waals surface area contributed by atoms with Crippen LogP contribution in [0.25, 0.3) is 0 Å². The number of halogens is 2. The number of carbonyl (C=O) groups is 2. The SMILES string of the molecule is COC(CC(=O)c1ccc(Cl)cc1Cl)C(=O)O. The van der Waals surface area contributed by atoms with Crippen molar-refractivity contribution in [3.05, 3.63) is 33.8 Å². The summed E-state index contributed by atoms with van der Waals surface area (Å²) in [6, 6.07) is 4.41. The van der Waals surface area contributed by atoms with Crippen LogP contribution in [0.2, 0.25) is 10.0 Å². The molecule has 92 valence electrons. The van der Waals surface area contributed by atoms with Crippen LogP contribution in [0.5, 0.6) is 0 Å². The predicted octanol–water partition coefficient (Wildman–Crippen LogP) is 2.67. The van der Waals surface area contributed by atoms with Gasteiger partial charge in [-0.15, -0.1) is 0 Å². The quantitative estimate of drug-likeness (QED) is 0.840. The van der Waals surface area contributed by atoms with Crippen LogP contribution >= 0.6 is 23.2 Å². The number of Topliss-reactive ketones (excluding diaryl/α,β-unsaturated/α-hetero) is 1. The van der Waals surface area contributed by atoms with E-state index in [0.717, 1.165) is 0 Å². The van der Waals surface area contributed by atoms with E-state index in [1.807, 2.05) is 0 Å². The van der Waals surface area contributed by atoms with Crippen molar-refractivity contribution in [2.75, 3.05) is 7.11 Å². The Morgan fingerprint density at radius 2 is 2.06 bits per heavy atom. The van der Waals surface area contributed by atoms with Crippen molar-refractivity contribution in [1.29, 1.82) is 0 Å². The van der Waals surface area contributed by atoms with E-state index in [2.05, 4.69) is 4.74 Å². The van der Waals surface area contributed by atoms with Gasteiger partial charge in [0, 0.05) is 24.1 Å². The third-order valence-corrected chi connectivity index (χ3v) is 2.71. The Morgan fingerprint density at radius 3 is 2.53 bits per heavy atom. The molecule has 0 aliphatic heterocycles. The lowest BCUT2D eigenvalue weighted by Crippen LogP contribution is -2.25. The minimum Gasteiger partial charge on any atom is -0.479 e. The van der Waals surface area contributed by atoms with Gasteiger partial charge in [-0.25, -0.2) is 4.79 Å². The smallest absolute Gasteiger partial charge is 0.333 e. The van der Waals surface area contributed by atoms with Crippen molar-refractivity contribution in [3.63, 3.8) is 0 Å². The maximum Gasteiger partial charge on any atom is 0.333 e. The molecule has 1 atom stereocenters. The molecule has 17 heavy (non-hydrogen) atoms. The number of methoxy groups -OCH3 is 1. The number of aliphatic carboxylic acids is 1. The summed E-state index contributed by atoms with van der Waals surface area (Å²) in [7, 11) is 1.23. The Labute approximate surface area is 108 Å². The van der Waals surface area contributed by atoms with Crippen LogP contribution in [0.15, 0.2) is 18.2 Å². The first-order valence-corrected chi connectivity index (χ1v) is 5.45. The number of hydrogen-bond donors (Lipinski definition) is 1. The fourth-order valence-corrected chi connectivity index (χ4v) is 1.78. The van der Waals surface area contributed by atoms with Crippen molar-refractivity contribution in [3.8, 4) is 0 Å². The molecule has 4 nitrogen and oxygen atoms in total. The van der Waals surface area contributed by atoms with Gasteiger partial charge in [0.2, 0.25) is 0 Å². The normalized spacial score (nSPS) is 12.2. The minimum absolute atomic E-state index is 0.197. The van der Waals surface area contributed by atoms with Crippen LogP contribution in [-0.2, 0) is 9.53 Å². The van der Waals surface area contributed by atoms with Crippen LogP contribution in [-0.4, -0.2) is 30.1 Å². The lowest BCUT2D eigenvalue weighted by molar-refractivity contribution is -0.148. The van der Waals surface area contributed by atoms with E-state index in [4.69, 9.17) is 28.3 Å². The summed E-state index contributed by atoms with van der Waals surface area (Å²) < 4.78 is 4.68. The zero-order valence-corrected chi connectivity index (χ0v) is 10.5. The first-order chi connectivity index (χ1) is 7.95. The van der Waals surface area contributed by atoms with Gasteiger partial charge in [-0.05, 0) is 18.2 Å². The van der Waals surface area contributed by atoms with Crippen LogP contribution in [0.3, 0.4) is 0 Å². The lowest BCUT2D eigenvalue weighted by atomic mass is 10.1. The summed E-state index contributed by atoms with van der Waals surface area (Å²) >= 11 is 11.5. The zero-order valence-electron chi connectivity index (χ0n) is 8.94. The highest BCUT2D eigenvalue weighted by atomic mass is 35.5. The molecule has 0 aromatic heterocycles. The Hall–Kier alpha value is -1.10. The lowest BCUT2D eigenvalue weighted by Gasteiger charge is -2.10. The molecule has 1 N–H and O–H groups in total. The van der Waals surface area contributed by atoms with Gasteiger partial charge in [0.25, 0.3) is 0 Å². The van der Waals surface area contributed by atoms with Crippen LogP contribution in [0.1, 0.15) is 16.8 Å². The second-order valence-corrected chi connectivity index (χ2v) is 4.16. The van der Waals surface area contributed by atoms with Crippen LogP contribution < -0.4 is 0 Å². The third-order valence-electron chi connectivity index (χ3n) is 2.16. The number of ketones is 1. The molecule has 0 saturated carbocycles. The van der Waals surface area contributed by atoms with Gasteiger partial charge in [-0.2, -0.15) is 0 Å². The van der Waals surface area contributed by atoms with Crippen molar-refractivity contribution >= 4 is 35.0 Å². The Morgan fingerprint density at radius 1 is 1.41 bits per heavy atom. The molecule has 0 aliphatic rings. The fraction of sp³-hybridized carbons (Fsp3) is 0.273. The number of carbonyl (C=O) groups excluding carboxylic acids is 1. The summed E-state index contributed by atoms with van der Waals surface area (Å²) in [4.78, 5) is 22.5. The standard InChI is InChI=1S/C11H10Cl2O4/c1-17-10(11(15)16)5-9(14)7-3-2-6(12)4-8(7)13/h2-4,10H,5H2,1H3,(H,15,16). The molecule has 1 unspecified atom stereocenters. The molecule has 0 spiro atoms. The van der Waals surface area contributed by atoms with Crippen LogP contribution in [0, 0.1) is 0 Å². The molecule has 0 bridgehead atoms. The van der Waals surface area contributed by atoms with E-state index < -0.39 is 17.9 Å². The number of rotatable bonds is 5. The topological polar surface area (TPSA) is 63.6 Å². The Bertz CT molecular complexity index is 445. The number of carboxylic acids is 1. The first-order valence-electron chi connectivity index (χ1n) is 4.69. The zero-order chi connectivity index (χ0) is 13.0. The molecule has 0 fully saturated rings. The highest BCUT2D eigenvalue weighted by Crippen LogP contribution is 2.22. The molecular formula is C11H10Cl2O4. The Balaban J connectivity index is 2.86. The summed E-state index contributed by atoms with van der Waals surface area (Å²) in [5, 5.41) is 9.36. The van der Waals surface area contributed by atoms with E-state index >= 15 is 0 Å². The van der Waals surface area contributed by atoms with Gasteiger partial charge in [-0.3, -0.25) is 4.79 Å². The first kappa shape index (κ1) is 14.0. The predicted molar refractivity (Wildman–Crippen MR) is 63.8 cm³/mol. The summed E-state index contributed by atoms with van der Waals surface area (Å²) in [5.41, 5.74) is 0.236. The van der Waals surface area contributed by atoms with Gasteiger partial charge in [-0.1, -0.05) is 23.2 Å². The van der Waals surface area contributed by atoms with E-state index in [0.29, 0.717) is 5.02 Å². The van der Waals surface area contributed by atoms with Gasteiger partial charge < -0.3 is 9.84 Å². The maximum absolute atomic E-state index is 11.8. The molecule has 1 rings (SSSR count). The molecule has 1 aromatic rings. The highest BCUT2D eigenvalue weighted by Gasteiger charge is 2.22. The van der Waals surface area contributed by atoms with E-state index in [1.54, 1.807) is 0 Å². The van der Waals surface area contributed by atoms with Gasteiger partial charge >= 0.3 is 5.97 Å². The fourth-order valence-electron chi connectivity index (χ4n) is 1.27. The van der Waals surface area contributed by atoms with Crippen molar-refractivity contribution in [2.45, 2.75) is 12.5 Å². The summed E-state index contributed by atoms with van der Waals surface area (Å²) in [6.45, 7) is 0. The minimum atomic E-state index is -1.19. The van der Waals surface area contributed by atoms with Crippen molar-refractivity contribution < 1.29 is 19.4 Å². The molecule has 6 heteroatoms. The van der Waals surface area contributed by atoms with Gasteiger partial charge in [0.15, 0.2) is 11.9 Å². The molecule has 0 amide bonds. The molecule has 0 aliphatic carbocycles. The molecular weight excluding hydrogens is 267 g/mol. The molecule has 0 heterocycles. The summed E-state index contributed by atoms with van der Waals surface area (Å²) in [6.07, 6.45) is -1.44. The molecule has 0 saturated heterocycles. The Kier molecular flexibility index (Phi) is 4.93. The maximum atomic E-state index is 11.8. The monoisotopic (exact) mass is 276 g/mol. The molecule has 0 radical (unpaired) electrons. The average Bonchev–Trinajstić information content (AvgIpc) is 2.24. The third kappa shape index (κ3) is 3.70. The van der Waals surface area contributed by atoms with E-state index in [-0.39, 0.29) is 17.0 Å². The number of benzene rings is 1. The average molecular weight is 277 g/mol. The number of hydrogen-bond acceptors (Lipinski definition) is 3. The highest BCUT2D eigenvalue weighted by molar-refractivity contribution is 6.36. The van der Waals surface area contributed by atoms with E-state index in [1.165, 1.54) is 25.3 Å². The number of carboxylic acid groups (broad SMARTS) is 1. The second-order valence-electron chi connectivity index (χ2n) is 3.31. The second kappa shape index (κ2) is 6.00. The largest absolute Gasteiger partial charge is 0.479 e. The summed E-state index contributed by atoms with van der Waals surface area (Å²) in [5.74, 6) is -1.59. The number of ether oxygens (including phenoxy) is 1. The van der Waals surface area contributed by atoms with Gasteiger partial charge in [0.1, 0.15) is 0 Å². The molecule has 1 aromatic carbocycles.